The van der Waals surface area contributed by atoms with Crippen LogP contribution in [-0.4, -0.2) is 50.6 Å². The number of carboxylic acid groups (broad SMARTS) is 1. The Kier molecular flexibility index (Phi) is 10.7. The van der Waals surface area contributed by atoms with E-state index in [0.29, 0.717) is 19.6 Å². The molecule has 1 aliphatic rings. The van der Waals surface area contributed by atoms with Gasteiger partial charge in [-0.3, -0.25) is 4.79 Å². The summed E-state index contributed by atoms with van der Waals surface area (Å²) in [6.07, 6.45) is 1.30. The third kappa shape index (κ3) is 8.50. The minimum absolute atomic E-state index is 0.388. The Balaban J connectivity index is 0.00000166. The number of anilines is 1. The molecule has 170 valence electrons. The maximum absolute atomic E-state index is 10.9. The van der Waals surface area contributed by atoms with Gasteiger partial charge in [-0.1, -0.05) is 39.0 Å². The van der Waals surface area contributed by atoms with Crippen molar-refractivity contribution in [2.24, 2.45) is 5.92 Å². The summed E-state index contributed by atoms with van der Waals surface area (Å²) in [6, 6.07) is 15.8. The molecule has 1 atom stereocenters. The Labute approximate surface area is 185 Å². The highest BCUT2D eigenvalue weighted by Crippen LogP contribution is 2.22. The SMILES string of the molecule is CC.CC(Cc1ccc(OCCCOc2cccc(N3CCOCC3)c2)cc1)C(=O)O. The monoisotopic (exact) mass is 429 g/mol. The van der Waals surface area contributed by atoms with Gasteiger partial charge in [-0.15, -0.1) is 0 Å². The van der Waals surface area contributed by atoms with E-state index >= 15 is 0 Å². The lowest BCUT2D eigenvalue weighted by Crippen LogP contribution is -2.36. The Hall–Kier alpha value is -2.73. The lowest BCUT2D eigenvalue weighted by molar-refractivity contribution is -0.141. The predicted molar refractivity (Wildman–Crippen MR) is 123 cm³/mol. The van der Waals surface area contributed by atoms with Crippen molar-refractivity contribution in [1.82, 2.24) is 0 Å². The molecule has 1 aliphatic heterocycles. The molecular formula is C25H35NO5. The molecule has 0 amide bonds. The van der Waals surface area contributed by atoms with Crippen LogP contribution < -0.4 is 14.4 Å². The number of ether oxygens (including phenoxy) is 3. The van der Waals surface area contributed by atoms with Crippen LogP contribution >= 0.6 is 0 Å². The van der Waals surface area contributed by atoms with Crippen LogP contribution in [0.25, 0.3) is 0 Å². The van der Waals surface area contributed by atoms with E-state index in [2.05, 4.69) is 17.0 Å². The number of rotatable bonds is 10. The van der Waals surface area contributed by atoms with Crippen molar-refractivity contribution in [2.75, 3.05) is 44.4 Å². The quantitative estimate of drug-likeness (QED) is 0.554. The van der Waals surface area contributed by atoms with Crippen molar-refractivity contribution in [2.45, 2.75) is 33.6 Å². The second-order valence-electron chi connectivity index (χ2n) is 7.23. The van der Waals surface area contributed by atoms with Gasteiger partial charge in [0.15, 0.2) is 0 Å². The number of morpholine rings is 1. The largest absolute Gasteiger partial charge is 0.493 e. The van der Waals surface area contributed by atoms with E-state index in [-0.39, 0.29) is 5.92 Å². The van der Waals surface area contributed by atoms with Crippen LogP contribution in [0.3, 0.4) is 0 Å². The summed E-state index contributed by atoms with van der Waals surface area (Å²) in [5.74, 6) is 0.485. The smallest absolute Gasteiger partial charge is 0.306 e. The van der Waals surface area contributed by atoms with E-state index in [4.69, 9.17) is 19.3 Å². The Morgan fingerprint density at radius 1 is 1.03 bits per heavy atom. The molecule has 0 spiro atoms. The van der Waals surface area contributed by atoms with E-state index in [9.17, 15) is 4.79 Å². The van der Waals surface area contributed by atoms with Crippen molar-refractivity contribution in [3.8, 4) is 11.5 Å². The Morgan fingerprint density at radius 2 is 1.68 bits per heavy atom. The highest BCUT2D eigenvalue weighted by Gasteiger charge is 2.12. The zero-order valence-electron chi connectivity index (χ0n) is 18.9. The second kappa shape index (κ2) is 13.5. The number of aliphatic carboxylic acids is 1. The average Bonchev–Trinajstić information content (AvgIpc) is 2.82. The van der Waals surface area contributed by atoms with Crippen molar-refractivity contribution in [3.63, 3.8) is 0 Å². The highest BCUT2D eigenvalue weighted by molar-refractivity contribution is 5.69. The van der Waals surface area contributed by atoms with E-state index in [0.717, 1.165) is 49.8 Å². The lowest BCUT2D eigenvalue weighted by atomic mass is 10.0. The first-order chi connectivity index (χ1) is 15.1. The highest BCUT2D eigenvalue weighted by atomic mass is 16.5. The molecule has 1 N–H and O–H groups in total. The molecule has 2 aromatic rings. The van der Waals surface area contributed by atoms with E-state index in [1.165, 1.54) is 5.69 Å². The summed E-state index contributed by atoms with van der Waals surface area (Å²) in [7, 11) is 0. The average molecular weight is 430 g/mol. The molecule has 1 saturated heterocycles. The van der Waals surface area contributed by atoms with Crippen molar-refractivity contribution in [1.29, 1.82) is 0 Å². The predicted octanol–water partition coefficient (Wildman–Crippen LogP) is 4.66. The first-order valence-corrected chi connectivity index (χ1v) is 11.1. The van der Waals surface area contributed by atoms with Gasteiger partial charge < -0.3 is 24.2 Å². The molecular weight excluding hydrogens is 394 g/mol. The van der Waals surface area contributed by atoms with Crippen molar-refractivity contribution >= 4 is 11.7 Å². The molecule has 6 heteroatoms. The normalized spacial score (nSPS) is 14.2. The first kappa shape index (κ1) is 24.5. The van der Waals surface area contributed by atoms with Crippen LogP contribution in [0.15, 0.2) is 48.5 Å². The summed E-state index contributed by atoms with van der Waals surface area (Å²) >= 11 is 0. The second-order valence-corrected chi connectivity index (χ2v) is 7.23. The zero-order chi connectivity index (χ0) is 22.5. The fourth-order valence-electron chi connectivity index (χ4n) is 3.19. The van der Waals surface area contributed by atoms with E-state index in [1.807, 2.05) is 50.2 Å². The molecule has 0 aliphatic carbocycles. The van der Waals surface area contributed by atoms with E-state index < -0.39 is 5.97 Å². The molecule has 0 saturated carbocycles. The van der Waals surface area contributed by atoms with Crippen LogP contribution in [0.1, 0.15) is 32.8 Å². The Bertz CT molecular complexity index is 772. The topological polar surface area (TPSA) is 68.2 Å². The van der Waals surface area contributed by atoms with Gasteiger partial charge >= 0.3 is 5.97 Å². The van der Waals surface area contributed by atoms with Gasteiger partial charge in [0, 0.05) is 31.3 Å². The summed E-state index contributed by atoms with van der Waals surface area (Å²) in [4.78, 5) is 13.2. The summed E-state index contributed by atoms with van der Waals surface area (Å²) < 4.78 is 17.0. The maximum atomic E-state index is 10.9. The van der Waals surface area contributed by atoms with Gasteiger partial charge in [0.1, 0.15) is 11.5 Å². The number of carbonyl (C=O) groups is 1. The van der Waals surface area contributed by atoms with Crippen LogP contribution in [0.5, 0.6) is 11.5 Å². The summed E-state index contributed by atoms with van der Waals surface area (Å²) in [6.45, 7) is 10.2. The van der Waals surface area contributed by atoms with Gasteiger partial charge in [0.2, 0.25) is 0 Å². The third-order valence-electron chi connectivity index (χ3n) is 4.91. The minimum Gasteiger partial charge on any atom is -0.493 e. The number of hydrogen-bond acceptors (Lipinski definition) is 5. The number of carboxylic acids is 1. The molecule has 3 rings (SSSR count). The molecule has 1 unspecified atom stereocenters. The van der Waals surface area contributed by atoms with Crippen LogP contribution in [0.2, 0.25) is 0 Å². The summed E-state index contributed by atoms with van der Waals surface area (Å²) in [5, 5.41) is 8.98. The standard InChI is InChI=1S/C23H29NO5.C2H6/c1-18(23(25)26)16-19-6-8-21(9-7-19)28-12-3-13-29-22-5-2-4-20(17-22)24-10-14-27-15-11-24;1-2/h2,4-9,17-18H,3,10-16H2,1H3,(H,25,26);1-2H3. The van der Waals surface area contributed by atoms with Crippen molar-refractivity contribution in [3.05, 3.63) is 54.1 Å². The molecule has 0 bridgehead atoms. The van der Waals surface area contributed by atoms with Crippen molar-refractivity contribution < 1.29 is 24.1 Å². The van der Waals surface area contributed by atoms with Gasteiger partial charge in [-0.05, 0) is 36.2 Å². The fourth-order valence-corrected chi connectivity index (χ4v) is 3.19. The minimum atomic E-state index is -0.777. The van der Waals surface area contributed by atoms with Gasteiger partial charge in [-0.2, -0.15) is 0 Å². The van der Waals surface area contributed by atoms with Crippen LogP contribution in [0.4, 0.5) is 5.69 Å². The van der Waals surface area contributed by atoms with E-state index in [1.54, 1.807) is 6.92 Å². The van der Waals surface area contributed by atoms with Crippen LogP contribution in [-0.2, 0) is 16.0 Å². The molecule has 31 heavy (non-hydrogen) atoms. The fraction of sp³-hybridized carbons (Fsp3) is 0.480. The third-order valence-corrected chi connectivity index (χ3v) is 4.91. The van der Waals surface area contributed by atoms with Crippen LogP contribution in [0, 0.1) is 5.92 Å². The summed E-state index contributed by atoms with van der Waals surface area (Å²) in [5.41, 5.74) is 2.16. The molecule has 2 aromatic carbocycles. The zero-order valence-corrected chi connectivity index (χ0v) is 18.9. The Morgan fingerprint density at radius 3 is 2.32 bits per heavy atom. The molecule has 1 heterocycles. The maximum Gasteiger partial charge on any atom is 0.306 e. The number of benzene rings is 2. The van der Waals surface area contributed by atoms with Gasteiger partial charge in [-0.25, -0.2) is 0 Å². The lowest BCUT2D eigenvalue weighted by Gasteiger charge is -2.29. The molecule has 1 fully saturated rings. The molecule has 6 nitrogen and oxygen atoms in total. The first-order valence-electron chi connectivity index (χ1n) is 11.1. The number of hydrogen-bond donors (Lipinski definition) is 1. The van der Waals surface area contributed by atoms with Gasteiger partial charge in [0.05, 0.1) is 32.3 Å². The van der Waals surface area contributed by atoms with Gasteiger partial charge in [0.25, 0.3) is 0 Å². The molecule has 0 aromatic heterocycles. The molecule has 0 radical (unpaired) electrons. The number of nitrogens with zero attached hydrogens (tertiary/aromatic N) is 1.